The van der Waals surface area contributed by atoms with Gasteiger partial charge in [-0.2, -0.15) is 10.2 Å². The Morgan fingerprint density at radius 2 is 1.80 bits per heavy atom. The van der Waals surface area contributed by atoms with Gasteiger partial charge < -0.3 is 5.32 Å². The molecule has 30 heavy (non-hydrogen) atoms. The first-order chi connectivity index (χ1) is 14.6. The predicted molar refractivity (Wildman–Crippen MR) is 111 cm³/mol. The Kier molecular flexibility index (Phi) is 5.47. The molecule has 2 aromatic heterocycles. The van der Waals surface area contributed by atoms with Gasteiger partial charge in [-0.15, -0.1) is 0 Å². The number of carbonyl (C=O) groups excluding carboxylic acids is 1. The largest absolute Gasteiger partial charge is 0.344 e. The van der Waals surface area contributed by atoms with E-state index in [4.69, 9.17) is 0 Å². The zero-order valence-electron chi connectivity index (χ0n) is 16.3. The summed E-state index contributed by atoms with van der Waals surface area (Å²) in [5.74, 6) is -0.343. The summed E-state index contributed by atoms with van der Waals surface area (Å²) in [5, 5.41) is 11.3. The van der Waals surface area contributed by atoms with Gasteiger partial charge in [0.25, 0.3) is 11.5 Å². The average molecular weight is 400 g/mol. The molecule has 2 heterocycles. The van der Waals surface area contributed by atoms with Crippen LogP contribution in [0.1, 0.15) is 34.6 Å². The third-order valence-electron chi connectivity index (χ3n) is 4.70. The normalized spacial score (nSPS) is 11.8. The minimum atomic E-state index is -0.343. The number of carbonyl (C=O) groups is 1. The van der Waals surface area contributed by atoms with Crippen molar-refractivity contribution in [2.75, 3.05) is 0 Å². The molecule has 0 saturated carbocycles. The van der Waals surface area contributed by atoms with Crippen LogP contribution in [0.5, 0.6) is 0 Å². The lowest BCUT2D eigenvalue weighted by Gasteiger charge is -2.15. The molecule has 1 atom stereocenters. The zero-order chi connectivity index (χ0) is 20.9. The van der Waals surface area contributed by atoms with Gasteiger partial charge in [-0.25, -0.2) is 14.3 Å². The fraction of sp³-hybridized carbons (Fsp3) is 0.136. The Labute approximate surface area is 172 Å². The van der Waals surface area contributed by atoms with Crippen molar-refractivity contribution in [3.8, 4) is 5.69 Å². The summed E-state index contributed by atoms with van der Waals surface area (Å²) in [5.41, 5.74) is 2.68. The highest BCUT2D eigenvalue weighted by Gasteiger charge is 2.14. The number of hydrogen-bond donors (Lipinski definition) is 1. The van der Waals surface area contributed by atoms with Crippen LogP contribution < -0.4 is 10.9 Å². The summed E-state index contributed by atoms with van der Waals surface area (Å²) in [7, 11) is 0. The lowest BCUT2D eigenvalue weighted by molar-refractivity contribution is 0.0932. The average Bonchev–Trinajstić information content (AvgIpc) is 3.31. The molecule has 1 amide bonds. The lowest BCUT2D eigenvalue weighted by atomic mass is 10.1. The molecular formula is C22H20N6O2. The van der Waals surface area contributed by atoms with E-state index < -0.39 is 0 Å². The predicted octanol–water partition coefficient (Wildman–Crippen LogP) is 2.36. The van der Waals surface area contributed by atoms with Crippen LogP contribution in [0, 0.1) is 0 Å². The first-order valence-corrected chi connectivity index (χ1v) is 9.48. The molecule has 0 unspecified atom stereocenters. The van der Waals surface area contributed by atoms with E-state index in [2.05, 4.69) is 20.5 Å². The quantitative estimate of drug-likeness (QED) is 0.536. The maximum Gasteiger partial charge on any atom is 0.272 e. The van der Waals surface area contributed by atoms with Gasteiger partial charge in [-0.05, 0) is 36.2 Å². The van der Waals surface area contributed by atoms with E-state index >= 15 is 0 Å². The van der Waals surface area contributed by atoms with Crippen LogP contribution in [-0.4, -0.2) is 30.5 Å². The number of nitrogens with one attached hydrogen (secondary N) is 1. The molecule has 0 saturated heterocycles. The minimum Gasteiger partial charge on any atom is -0.344 e. The van der Waals surface area contributed by atoms with Crippen LogP contribution in [0.2, 0.25) is 0 Å². The van der Waals surface area contributed by atoms with Crippen molar-refractivity contribution in [2.45, 2.75) is 19.5 Å². The summed E-state index contributed by atoms with van der Waals surface area (Å²) >= 11 is 0. The molecule has 0 aliphatic carbocycles. The summed E-state index contributed by atoms with van der Waals surface area (Å²) in [6, 6.07) is 19.7. The topological polar surface area (TPSA) is 94.7 Å². The van der Waals surface area contributed by atoms with Gasteiger partial charge in [0, 0.05) is 6.07 Å². The highest BCUT2D eigenvalue weighted by molar-refractivity contribution is 5.92. The van der Waals surface area contributed by atoms with Gasteiger partial charge in [-0.3, -0.25) is 9.59 Å². The Morgan fingerprint density at radius 3 is 2.50 bits per heavy atom. The van der Waals surface area contributed by atoms with E-state index in [0.29, 0.717) is 6.54 Å². The number of benzene rings is 2. The van der Waals surface area contributed by atoms with Crippen molar-refractivity contribution in [2.24, 2.45) is 0 Å². The zero-order valence-corrected chi connectivity index (χ0v) is 16.3. The van der Waals surface area contributed by atoms with Crippen molar-refractivity contribution in [3.63, 3.8) is 0 Å². The van der Waals surface area contributed by atoms with Gasteiger partial charge >= 0.3 is 0 Å². The van der Waals surface area contributed by atoms with E-state index in [9.17, 15) is 9.59 Å². The second-order valence-electron chi connectivity index (χ2n) is 6.83. The summed E-state index contributed by atoms with van der Waals surface area (Å²) in [4.78, 5) is 28.7. The van der Waals surface area contributed by atoms with Gasteiger partial charge in [0.1, 0.15) is 18.3 Å². The Hall–Kier alpha value is -4.07. The van der Waals surface area contributed by atoms with Crippen molar-refractivity contribution in [3.05, 3.63) is 107 Å². The van der Waals surface area contributed by atoms with Gasteiger partial charge in [0.15, 0.2) is 0 Å². The first-order valence-electron chi connectivity index (χ1n) is 9.48. The van der Waals surface area contributed by atoms with E-state index in [-0.39, 0.29) is 23.2 Å². The van der Waals surface area contributed by atoms with Crippen LogP contribution in [0.15, 0.2) is 84.2 Å². The van der Waals surface area contributed by atoms with Crippen molar-refractivity contribution < 1.29 is 4.79 Å². The van der Waals surface area contributed by atoms with Crippen LogP contribution in [0.3, 0.4) is 0 Å². The van der Waals surface area contributed by atoms with Crippen molar-refractivity contribution in [1.82, 2.24) is 29.9 Å². The van der Waals surface area contributed by atoms with Crippen molar-refractivity contribution in [1.29, 1.82) is 0 Å². The second kappa shape index (κ2) is 8.52. The number of hydrogen-bond acceptors (Lipinski definition) is 5. The highest BCUT2D eigenvalue weighted by Crippen LogP contribution is 2.15. The summed E-state index contributed by atoms with van der Waals surface area (Å²) in [6.07, 6.45) is 3.09. The number of aromatic nitrogens is 5. The molecule has 1 N–H and O–H groups in total. The standard InChI is InChI=1S/C22H20N6O2/c1-16(18-7-9-19(10-8-18)28-15-23-14-24-28)25-22(30)20-11-12-21(29)27(26-20)13-17-5-3-2-4-6-17/h2-12,14-16H,13H2,1H3,(H,25,30)/t16-/m0/s1. The maximum absolute atomic E-state index is 12.7. The van der Waals surface area contributed by atoms with E-state index in [1.807, 2.05) is 61.5 Å². The monoisotopic (exact) mass is 400 g/mol. The summed E-state index contributed by atoms with van der Waals surface area (Å²) < 4.78 is 2.95. The Balaban J connectivity index is 1.46. The molecule has 0 spiro atoms. The fourth-order valence-electron chi connectivity index (χ4n) is 3.05. The van der Waals surface area contributed by atoms with E-state index in [0.717, 1.165) is 16.8 Å². The molecule has 0 bridgehead atoms. The van der Waals surface area contributed by atoms with Crippen LogP contribution >= 0.6 is 0 Å². The maximum atomic E-state index is 12.7. The fourth-order valence-corrected chi connectivity index (χ4v) is 3.05. The Bertz CT molecular complexity index is 1180. The van der Waals surface area contributed by atoms with E-state index in [1.165, 1.54) is 23.1 Å². The lowest BCUT2D eigenvalue weighted by Crippen LogP contribution is -2.31. The molecular weight excluding hydrogens is 380 g/mol. The Morgan fingerprint density at radius 1 is 1.03 bits per heavy atom. The first kappa shape index (κ1) is 19.3. The summed E-state index contributed by atoms with van der Waals surface area (Å²) in [6.45, 7) is 2.20. The molecule has 0 radical (unpaired) electrons. The molecule has 8 heteroatoms. The van der Waals surface area contributed by atoms with Gasteiger partial charge in [-0.1, -0.05) is 42.5 Å². The number of amides is 1. The minimum absolute atomic E-state index is 0.191. The van der Waals surface area contributed by atoms with Gasteiger partial charge in [0.05, 0.1) is 18.3 Å². The number of nitrogens with zero attached hydrogens (tertiary/aromatic N) is 5. The SMILES string of the molecule is C[C@H](NC(=O)c1ccc(=O)n(Cc2ccccc2)n1)c1ccc(-n2cncn2)cc1. The molecule has 2 aromatic carbocycles. The molecule has 8 nitrogen and oxygen atoms in total. The van der Waals surface area contributed by atoms with Crippen molar-refractivity contribution >= 4 is 5.91 Å². The van der Waals surface area contributed by atoms with Crippen LogP contribution in [0.25, 0.3) is 5.69 Å². The molecule has 0 aliphatic rings. The molecule has 0 aliphatic heterocycles. The highest BCUT2D eigenvalue weighted by atomic mass is 16.2. The van der Waals surface area contributed by atoms with Crippen LogP contribution in [-0.2, 0) is 6.54 Å². The van der Waals surface area contributed by atoms with E-state index in [1.54, 1.807) is 11.0 Å². The molecule has 0 fully saturated rings. The second-order valence-corrected chi connectivity index (χ2v) is 6.83. The molecule has 4 rings (SSSR count). The smallest absolute Gasteiger partial charge is 0.272 e. The third-order valence-corrected chi connectivity index (χ3v) is 4.70. The molecule has 4 aromatic rings. The van der Waals surface area contributed by atoms with Crippen LogP contribution in [0.4, 0.5) is 0 Å². The molecule has 150 valence electrons. The third kappa shape index (κ3) is 4.33. The number of rotatable bonds is 6. The van der Waals surface area contributed by atoms with Gasteiger partial charge in [0.2, 0.25) is 0 Å².